The van der Waals surface area contributed by atoms with Gasteiger partial charge in [0.25, 0.3) is 0 Å². The fourth-order valence-corrected chi connectivity index (χ4v) is 2.14. The van der Waals surface area contributed by atoms with E-state index in [0.29, 0.717) is 17.1 Å². The highest BCUT2D eigenvalue weighted by molar-refractivity contribution is 5.73. The zero-order valence-electron chi connectivity index (χ0n) is 10.3. The predicted octanol–water partition coefficient (Wildman–Crippen LogP) is -0.406. The van der Waals surface area contributed by atoms with Gasteiger partial charge < -0.3 is 29.9 Å². The molecular weight excluding hydrogens is 268 g/mol. The number of nitrogens with zero attached hydrogens (tertiary/aromatic N) is 2. The molecule has 0 radical (unpaired) electrons. The number of hydrogen-bond acceptors (Lipinski definition) is 8. The van der Waals surface area contributed by atoms with Gasteiger partial charge >= 0.3 is 0 Å². The predicted molar refractivity (Wildman–Crippen MR) is 65.0 cm³/mol. The van der Waals surface area contributed by atoms with E-state index in [-0.39, 0.29) is 0 Å². The van der Waals surface area contributed by atoms with Gasteiger partial charge in [-0.2, -0.15) is 0 Å². The van der Waals surface area contributed by atoms with Crippen LogP contribution in [0.4, 0.5) is 11.4 Å². The molecule has 0 saturated carbocycles. The number of azo groups is 1. The Balaban J connectivity index is 1.78. The first kappa shape index (κ1) is 13.4. The molecule has 0 bridgehead atoms. The zero-order chi connectivity index (χ0) is 14.3. The Morgan fingerprint density at radius 2 is 1.90 bits per heavy atom. The van der Waals surface area contributed by atoms with Crippen LogP contribution in [0.5, 0.6) is 5.75 Å². The summed E-state index contributed by atoms with van der Waals surface area (Å²) in [5.74, 6) is 0.349. The Hall–Kier alpha value is -1.58. The molecule has 0 unspecified atom stereocenters. The lowest BCUT2D eigenvalue weighted by Gasteiger charge is -2.39. The van der Waals surface area contributed by atoms with Crippen molar-refractivity contribution in [1.29, 1.82) is 0 Å². The van der Waals surface area contributed by atoms with Crippen LogP contribution in [0.1, 0.15) is 0 Å². The topological polar surface area (TPSA) is 124 Å². The molecular formula is C12H14N2O6. The Bertz CT molecular complexity index is 535. The lowest BCUT2D eigenvalue weighted by Crippen LogP contribution is -2.60. The maximum absolute atomic E-state index is 9.87. The van der Waals surface area contributed by atoms with Gasteiger partial charge in [-0.25, -0.2) is 0 Å². The fraction of sp³-hybridized carbons (Fsp3) is 0.500. The molecule has 2 heterocycles. The van der Waals surface area contributed by atoms with Gasteiger partial charge in [0.05, 0.1) is 6.61 Å². The van der Waals surface area contributed by atoms with Crippen molar-refractivity contribution < 1.29 is 29.9 Å². The third-order valence-corrected chi connectivity index (χ3v) is 3.33. The van der Waals surface area contributed by atoms with Crippen LogP contribution in [0.3, 0.4) is 0 Å². The molecule has 20 heavy (non-hydrogen) atoms. The fourth-order valence-electron chi connectivity index (χ4n) is 2.14. The van der Waals surface area contributed by atoms with Crippen molar-refractivity contribution >= 4 is 11.4 Å². The van der Waals surface area contributed by atoms with Crippen LogP contribution in [-0.2, 0) is 4.74 Å². The minimum absolute atomic E-state index is 0.349. The third-order valence-electron chi connectivity index (χ3n) is 3.33. The van der Waals surface area contributed by atoms with E-state index in [1.165, 1.54) is 0 Å². The van der Waals surface area contributed by atoms with Crippen LogP contribution < -0.4 is 4.74 Å². The van der Waals surface area contributed by atoms with E-state index in [1.807, 2.05) is 0 Å². The first-order valence-electron chi connectivity index (χ1n) is 6.13. The number of aliphatic hydroxyl groups is 4. The van der Waals surface area contributed by atoms with Gasteiger partial charge in [0.2, 0.25) is 6.29 Å². The molecule has 0 aliphatic carbocycles. The van der Waals surface area contributed by atoms with E-state index in [2.05, 4.69) is 10.2 Å². The Morgan fingerprint density at radius 3 is 2.55 bits per heavy atom. The summed E-state index contributed by atoms with van der Waals surface area (Å²) in [6.07, 6.45) is -6.54. The number of aliphatic hydroxyl groups excluding tert-OH is 4. The smallest absolute Gasteiger partial charge is 0.229 e. The van der Waals surface area contributed by atoms with Crippen LogP contribution in [0, 0.1) is 0 Å². The standard InChI is InChI=1S/C12H14N2O6/c15-4-7-9(16)10(17)11(18)12(20-7)19-6-3-1-2-5-8(6)14-13-5/h1-3,7,9-12,15-18H,4H2/t7-,9+,10+,11-,12+/m1/s1. The van der Waals surface area contributed by atoms with Crippen molar-refractivity contribution in [3.05, 3.63) is 18.2 Å². The van der Waals surface area contributed by atoms with E-state index < -0.39 is 37.3 Å². The molecule has 3 rings (SSSR count). The van der Waals surface area contributed by atoms with Gasteiger partial charge in [0, 0.05) is 0 Å². The number of fused-ring (bicyclic) bond motifs is 1. The molecule has 2 aliphatic rings. The number of hydrogen-bond donors (Lipinski definition) is 4. The second-order valence-electron chi connectivity index (χ2n) is 4.64. The van der Waals surface area contributed by atoms with Crippen LogP contribution in [0.15, 0.2) is 28.4 Å². The quantitative estimate of drug-likeness (QED) is 0.607. The summed E-state index contributed by atoms with van der Waals surface area (Å²) in [4.78, 5) is 0. The Labute approximate surface area is 113 Å². The van der Waals surface area contributed by atoms with Crippen LogP contribution in [0.25, 0.3) is 0 Å². The van der Waals surface area contributed by atoms with Crippen LogP contribution in [0.2, 0.25) is 0 Å². The second kappa shape index (κ2) is 5.08. The third kappa shape index (κ3) is 2.07. The zero-order valence-corrected chi connectivity index (χ0v) is 10.3. The minimum Gasteiger partial charge on any atom is -0.460 e. The normalized spacial score (nSPS) is 35.3. The summed E-state index contributed by atoms with van der Waals surface area (Å²) in [6.45, 7) is -0.503. The highest BCUT2D eigenvalue weighted by Crippen LogP contribution is 2.45. The minimum atomic E-state index is -1.47. The maximum atomic E-state index is 9.87. The molecule has 0 aromatic heterocycles. The molecule has 108 valence electrons. The monoisotopic (exact) mass is 282 g/mol. The number of rotatable bonds is 3. The van der Waals surface area contributed by atoms with Crippen molar-refractivity contribution in [2.75, 3.05) is 6.61 Å². The highest BCUT2D eigenvalue weighted by Gasteiger charge is 2.45. The van der Waals surface area contributed by atoms with Gasteiger partial charge in [-0.05, 0) is 12.1 Å². The van der Waals surface area contributed by atoms with Crippen molar-refractivity contribution in [1.82, 2.24) is 0 Å². The summed E-state index contributed by atoms with van der Waals surface area (Å²) in [7, 11) is 0. The Kier molecular flexibility index (Phi) is 3.40. The first-order chi connectivity index (χ1) is 9.61. The highest BCUT2D eigenvalue weighted by atomic mass is 16.7. The van der Waals surface area contributed by atoms with Gasteiger partial charge in [0.15, 0.2) is 11.4 Å². The second-order valence-corrected chi connectivity index (χ2v) is 4.64. The molecule has 0 amide bonds. The number of benzene rings is 1. The molecule has 1 saturated heterocycles. The maximum Gasteiger partial charge on any atom is 0.229 e. The number of ether oxygens (including phenoxy) is 2. The lowest BCUT2D eigenvalue weighted by molar-refractivity contribution is -0.277. The largest absolute Gasteiger partial charge is 0.460 e. The summed E-state index contributed by atoms with van der Waals surface area (Å²) in [5.41, 5.74) is 1.19. The molecule has 5 atom stereocenters. The van der Waals surface area contributed by atoms with Gasteiger partial charge in [-0.1, -0.05) is 6.07 Å². The van der Waals surface area contributed by atoms with Gasteiger partial charge in [-0.15, -0.1) is 10.2 Å². The van der Waals surface area contributed by atoms with Crippen molar-refractivity contribution in [3.63, 3.8) is 0 Å². The molecule has 2 aliphatic heterocycles. The van der Waals surface area contributed by atoms with E-state index in [1.54, 1.807) is 18.2 Å². The molecule has 8 heteroatoms. The van der Waals surface area contributed by atoms with E-state index in [0.717, 1.165) is 0 Å². The van der Waals surface area contributed by atoms with Crippen molar-refractivity contribution in [2.45, 2.75) is 30.7 Å². The summed E-state index contributed by atoms with van der Waals surface area (Å²) < 4.78 is 10.7. The summed E-state index contributed by atoms with van der Waals surface area (Å²) in [5, 5.41) is 45.9. The molecule has 1 fully saturated rings. The average molecular weight is 282 g/mol. The van der Waals surface area contributed by atoms with E-state index in [9.17, 15) is 15.3 Å². The molecule has 0 spiro atoms. The Morgan fingerprint density at radius 1 is 1.10 bits per heavy atom. The summed E-state index contributed by atoms with van der Waals surface area (Å²) >= 11 is 0. The van der Waals surface area contributed by atoms with Crippen molar-refractivity contribution in [2.24, 2.45) is 10.2 Å². The molecule has 1 aromatic rings. The van der Waals surface area contributed by atoms with E-state index >= 15 is 0 Å². The lowest BCUT2D eigenvalue weighted by atomic mass is 9.99. The molecule has 8 nitrogen and oxygen atoms in total. The summed E-state index contributed by atoms with van der Waals surface area (Å²) in [6, 6.07) is 5.08. The van der Waals surface area contributed by atoms with Gasteiger partial charge in [0.1, 0.15) is 30.1 Å². The van der Waals surface area contributed by atoms with Crippen molar-refractivity contribution in [3.8, 4) is 5.75 Å². The van der Waals surface area contributed by atoms with E-state index in [4.69, 9.17) is 14.6 Å². The van der Waals surface area contributed by atoms with Gasteiger partial charge in [-0.3, -0.25) is 0 Å². The van der Waals surface area contributed by atoms with Crippen LogP contribution >= 0.6 is 0 Å². The SMILES string of the molecule is OC[C@H]1O[C@H](Oc2cccc3c2N=N3)[C@H](O)[C@@H](O)[C@H]1O. The molecule has 4 N–H and O–H groups in total. The first-order valence-corrected chi connectivity index (χ1v) is 6.13. The van der Waals surface area contributed by atoms with Crippen LogP contribution in [-0.4, -0.2) is 57.7 Å². The molecule has 1 aromatic carbocycles. The average Bonchev–Trinajstić information content (AvgIpc) is 2.41.